The molecular weight excluding hydrogens is 452 g/mol. The molecule has 3 rings (SSSR count). The van der Waals surface area contributed by atoms with Gasteiger partial charge in [-0.25, -0.2) is 0 Å². The molecule has 1 fully saturated rings. The molecule has 1 atom stereocenters. The minimum atomic E-state index is -0.572. The first-order chi connectivity index (χ1) is 17.2. The fourth-order valence-corrected chi connectivity index (χ4v) is 4.71. The SMILES string of the molecule is CC[C@@H](C(=O)NC1CCCCC1)N(Cc1cccc(OC)c1)C(=O)COc1ccc(C(C)(C)C)cc1. The van der Waals surface area contributed by atoms with Crippen molar-refractivity contribution in [1.29, 1.82) is 0 Å². The van der Waals surface area contributed by atoms with Crippen LogP contribution in [-0.4, -0.2) is 42.5 Å². The molecule has 0 radical (unpaired) electrons. The van der Waals surface area contributed by atoms with E-state index in [0.717, 1.165) is 37.0 Å². The second kappa shape index (κ2) is 12.8. The van der Waals surface area contributed by atoms with Crippen molar-refractivity contribution in [3.05, 3.63) is 59.7 Å². The zero-order chi connectivity index (χ0) is 26.1. The van der Waals surface area contributed by atoms with Gasteiger partial charge in [-0.2, -0.15) is 0 Å². The molecule has 0 heterocycles. The lowest BCUT2D eigenvalue weighted by molar-refractivity contribution is -0.143. The molecule has 1 N–H and O–H groups in total. The van der Waals surface area contributed by atoms with Crippen molar-refractivity contribution in [2.45, 2.75) is 90.3 Å². The van der Waals surface area contributed by atoms with Gasteiger partial charge in [-0.05, 0) is 60.1 Å². The molecule has 196 valence electrons. The molecule has 2 aromatic carbocycles. The Morgan fingerprint density at radius 2 is 1.72 bits per heavy atom. The molecule has 0 spiro atoms. The van der Waals surface area contributed by atoms with Gasteiger partial charge >= 0.3 is 0 Å². The number of nitrogens with one attached hydrogen (secondary N) is 1. The maximum atomic E-state index is 13.5. The minimum Gasteiger partial charge on any atom is -0.497 e. The standard InChI is InChI=1S/C30H42N2O4/c1-6-27(29(34)31-24-12-8-7-9-13-24)32(20-22-11-10-14-26(19-22)35-5)28(33)21-36-25-17-15-23(16-18-25)30(2,3)4/h10-11,14-19,24,27H,6-9,12-13,20-21H2,1-5H3,(H,31,34)/t27-/m0/s1. The molecule has 1 aliphatic rings. The van der Waals surface area contributed by atoms with Crippen LogP contribution >= 0.6 is 0 Å². The van der Waals surface area contributed by atoms with Crippen LogP contribution in [0.25, 0.3) is 0 Å². The Morgan fingerprint density at radius 3 is 2.33 bits per heavy atom. The highest BCUT2D eigenvalue weighted by atomic mass is 16.5. The predicted octanol–water partition coefficient (Wildman–Crippen LogP) is 5.63. The number of benzene rings is 2. The summed E-state index contributed by atoms with van der Waals surface area (Å²) in [5, 5.41) is 3.21. The summed E-state index contributed by atoms with van der Waals surface area (Å²) >= 11 is 0. The topological polar surface area (TPSA) is 67.9 Å². The number of nitrogens with zero attached hydrogens (tertiary/aromatic N) is 1. The van der Waals surface area contributed by atoms with Gasteiger partial charge in [-0.1, -0.05) is 71.2 Å². The lowest BCUT2D eigenvalue weighted by Crippen LogP contribution is -2.52. The molecule has 6 heteroatoms. The number of ether oxygens (including phenoxy) is 2. The first-order valence-corrected chi connectivity index (χ1v) is 13.2. The number of rotatable bonds is 10. The number of hydrogen-bond donors (Lipinski definition) is 1. The summed E-state index contributed by atoms with van der Waals surface area (Å²) in [6.07, 6.45) is 6.01. The molecule has 1 saturated carbocycles. The smallest absolute Gasteiger partial charge is 0.261 e. The summed E-state index contributed by atoms with van der Waals surface area (Å²) in [6.45, 7) is 8.60. The molecule has 0 bridgehead atoms. The Morgan fingerprint density at radius 1 is 1.03 bits per heavy atom. The van der Waals surface area contributed by atoms with Crippen LogP contribution in [-0.2, 0) is 21.5 Å². The summed E-state index contributed by atoms with van der Waals surface area (Å²) in [6, 6.07) is 15.1. The average molecular weight is 495 g/mol. The predicted molar refractivity (Wildman–Crippen MR) is 143 cm³/mol. The normalized spacial score (nSPS) is 15.1. The van der Waals surface area contributed by atoms with Crippen molar-refractivity contribution in [2.24, 2.45) is 0 Å². The van der Waals surface area contributed by atoms with Gasteiger partial charge in [-0.3, -0.25) is 9.59 Å². The van der Waals surface area contributed by atoms with E-state index in [1.165, 1.54) is 12.0 Å². The number of amides is 2. The van der Waals surface area contributed by atoms with Crippen LogP contribution in [0.15, 0.2) is 48.5 Å². The molecule has 36 heavy (non-hydrogen) atoms. The van der Waals surface area contributed by atoms with E-state index in [-0.39, 0.29) is 29.9 Å². The Balaban J connectivity index is 1.75. The van der Waals surface area contributed by atoms with Gasteiger partial charge in [0, 0.05) is 12.6 Å². The second-order valence-corrected chi connectivity index (χ2v) is 10.7. The van der Waals surface area contributed by atoms with Crippen LogP contribution in [0.2, 0.25) is 0 Å². The molecule has 6 nitrogen and oxygen atoms in total. The summed E-state index contributed by atoms with van der Waals surface area (Å²) in [4.78, 5) is 28.5. The molecule has 2 amide bonds. The van der Waals surface area contributed by atoms with Crippen LogP contribution in [0.3, 0.4) is 0 Å². The highest BCUT2D eigenvalue weighted by Crippen LogP contribution is 2.25. The summed E-state index contributed by atoms with van der Waals surface area (Å²) in [7, 11) is 1.62. The molecular formula is C30H42N2O4. The second-order valence-electron chi connectivity index (χ2n) is 10.7. The van der Waals surface area contributed by atoms with E-state index >= 15 is 0 Å². The van der Waals surface area contributed by atoms with Crippen molar-refractivity contribution in [1.82, 2.24) is 10.2 Å². The molecule has 1 aliphatic carbocycles. The van der Waals surface area contributed by atoms with Crippen molar-refractivity contribution in [3.63, 3.8) is 0 Å². The van der Waals surface area contributed by atoms with E-state index in [2.05, 4.69) is 26.1 Å². The molecule has 0 aliphatic heterocycles. The Labute approximate surface area is 216 Å². The molecule has 0 saturated heterocycles. The van der Waals surface area contributed by atoms with Gasteiger partial charge in [-0.15, -0.1) is 0 Å². The van der Waals surface area contributed by atoms with Crippen LogP contribution in [0.4, 0.5) is 0 Å². The van der Waals surface area contributed by atoms with Crippen molar-refractivity contribution < 1.29 is 19.1 Å². The van der Waals surface area contributed by atoms with Gasteiger partial charge in [0.05, 0.1) is 7.11 Å². The van der Waals surface area contributed by atoms with Crippen LogP contribution < -0.4 is 14.8 Å². The third-order valence-electron chi connectivity index (χ3n) is 6.91. The van der Waals surface area contributed by atoms with Crippen molar-refractivity contribution >= 4 is 11.8 Å². The monoisotopic (exact) mass is 494 g/mol. The van der Waals surface area contributed by atoms with E-state index in [4.69, 9.17) is 9.47 Å². The van der Waals surface area contributed by atoms with E-state index < -0.39 is 6.04 Å². The van der Waals surface area contributed by atoms with Gasteiger partial charge in [0.1, 0.15) is 17.5 Å². The molecule has 0 unspecified atom stereocenters. The number of methoxy groups -OCH3 is 1. The minimum absolute atomic E-state index is 0.0436. The van der Waals surface area contributed by atoms with Crippen molar-refractivity contribution in [2.75, 3.05) is 13.7 Å². The Kier molecular flexibility index (Phi) is 9.80. The fraction of sp³-hybridized carbons (Fsp3) is 0.533. The lowest BCUT2D eigenvalue weighted by atomic mass is 9.87. The van der Waals surface area contributed by atoms with E-state index in [9.17, 15) is 9.59 Å². The zero-order valence-electron chi connectivity index (χ0n) is 22.5. The largest absolute Gasteiger partial charge is 0.497 e. The van der Waals surface area contributed by atoms with Gasteiger partial charge < -0.3 is 19.7 Å². The summed E-state index contributed by atoms with van der Waals surface area (Å²) in [5.41, 5.74) is 2.15. The van der Waals surface area contributed by atoms with E-state index in [0.29, 0.717) is 18.7 Å². The number of carbonyl (C=O) groups is 2. The lowest BCUT2D eigenvalue weighted by Gasteiger charge is -2.32. The fourth-order valence-electron chi connectivity index (χ4n) is 4.71. The van der Waals surface area contributed by atoms with E-state index in [1.54, 1.807) is 12.0 Å². The van der Waals surface area contributed by atoms with Crippen molar-refractivity contribution in [3.8, 4) is 11.5 Å². The number of carbonyl (C=O) groups excluding carboxylic acids is 2. The molecule has 0 aromatic heterocycles. The van der Waals surface area contributed by atoms with Gasteiger partial charge in [0.15, 0.2) is 6.61 Å². The third kappa shape index (κ3) is 7.74. The Bertz CT molecular complexity index is 991. The first kappa shape index (κ1) is 27.6. The van der Waals surface area contributed by atoms with Gasteiger partial charge in [0.25, 0.3) is 5.91 Å². The van der Waals surface area contributed by atoms with Crippen LogP contribution in [0, 0.1) is 0 Å². The molecule has 2 aromatic rings. The highest BCUT2D eigenvalue weighted by molar-refractivity contribution is 5.88. The van der Waals surface area contributed by atoms with Crippen LogP contribution in [0.5, 0.6) is 11.5 Å². The summed E-state index contributed by atoms with van der Waals surface area (Å²) < 4.78 is 11.2. The third-order valence-corrected chi connectivity index (χ3v) is 6.91. The van der Waals surface area contributed by atoms with Gasteiger partial charge in [0.2, 0.25) is 5.91 Å². The maximum Gasteiger partial charge on any atom is 0.261 e. The summed E-state index contributed by atoms with van der Waals surface area (Å²) in [5.74, 6) is 1.05. The van der Waals surface area contributed by atoms with Crippen LogP contribution in [0.1, 0.15) is 77.3 Å². The quantitative estimate of drug-likeness (QED) is 0.465. The zero-order valence-corrected chi connectivity index (χ0v) is 22.5. The first-order valence-electron chi connectivity index (χ1n) is 13.2. The van der Waals surface area contributed by atoms with E-state index in [1.807, 2.05) is 55.5 Å². The highest BCUT2D eigenvalue weighted by Gasteiger charge is 2.30. The number of hydrogen-bond acceptors (Lipinski definition) is 4. The Hall–Kier alpha value is -3.02. The maximum absolute atomic E-state index is 13.5. The average Bonchev–Trinajstić information content (AvgIpc) is 2.87.